The van der Waals surface area contributed by atoms with Crippen LogP contribution in [0.2, 0.25) is 0 Å². The van der Waals surface area contributed by atoms with Crippen LogP contribution in [-0.4, -0.2) is 51.0 Å². The highest BCUT2D eigenvalue weighted by Gasteiger charge is 2.22. The summed E-state index contributed by atoms with van der Waals surface area (Å²) in [5, 5.41) is 14.8. The molecule has 1 heterocycles. The molecule has 0 spiro atoms. The molecule has 0 fully saturated rings. The van der Waals surface area contributed by atoms with E-state index in [1.165, 1.54) is 18.9 Å². The van der Waals surface area contributed by atoms with Gasteiger partial charge in [-0.25, -0.2) is 4.79 Å². The van der Waals surface area contributed by atoms with Crippen LogP contribution in [0.5, 0.6) is 0 Å². The third kappa shape index (κ3) is 5.17. The highest BCUT2D eigenvalue weighted by atomic mass is 32.2. The van der Waals surface area contributed by atoms with Crippen molar-refractivity contribution < 1.29 is 14.3 Å². The van der Waals surface area contributed by atoms with Crippen LogP contribution in [0.25, 0.3) is 5.69 Å². The Morgan fingerprint density at radius 1 is 1.11 bits per heavy atom. The van der Waals surface area contributed by atoms with Crippen molar-refractivity contribution in [2.45, 2.75) is 17.6 Å². The maximum absolute atomic E-state index is 12.4. The maximum Gasteiger partial charge on any atom is 0.328 e. The molecule has 1 atom stereocenters. The SMILES string of the molecule is COC(=O)[C@@H](Cc1ccccc1)NC(=O)CSc1nnnn1-c1ccccc1. The number of hydrogen-bond acceptors (Lipinski definition) is 7. The van der Waals surface area contributed by atoms with Gasteiger partial charge in [-0.1, -0.05) is 60.3 Å². The molecular formula is C19H19N5O3S. The Morgan fingerprint density at radius 3 is 2.46 bits per heavy atom. The number of amides is 1. The van der Waals surface area contributed by atoms with Gasteiger partial charge in [-0.05, 0) is 28.1 Å². The molecular weight excluding hydrogens is 378 g/mol. The number of esters is 1. The van der Waals surface area contributed by atoms with E-state index in [4.69, 9.17) is 4.74 Å². The topological polar surface area (TPSA) is 99.0 Å². The van der Waals surface area contributed by atoms with Crippen molar-refractivity contribution in [2.75, 3.05) is 12.9 Å². The summed E-state index contributed by atoms with van der Waals surface area (Å²) < 4.78 is 6.37. The van der Waals surface area contributed by atoms with Crippen LogP contribution in [0, 0.1) is 0 Å². The van der Waals surface area contributed by atoms with E-state index in [9.17, 15) is 9.59 Å². The standard InChI is InChI=1S/C19H19N5O3S/c1-27-18(26)16(12-14-8-4-2-5-9-14)20-17(25)13-28-19-21-22-23-24(19)15-10-6-3-7-11-15/h2-11,16H,12-13H2,1H3,(H,20,25)/t16-/m1/s1. The van der Waals surface area contributed by atoms with Gasteiger partial charge in [0.1, 0.15) is 6.04 Å². The van der Waals surface area contributed by atoms with E-state index in [2.05, 4.69) is 20.8 Å². The minimum absolute atomic E-state index is 0.0650. The van der Waals surface area contributed by atoms with Gasteiger partial charge in [0, 0.05) is 6.42 Å². The first-order valence-electron chi connectivity index (χ1n) is 8.55. The van der Waals surface area contributed by atoms with Gasteiger partial charge in [0.15, 0.2) is 0 Å². The van der Waals surface area contributed by atoms with Crippen LogP contribution in [0.1, 0.15) is 5.56 Å². The first kappa shape index (κ1) is 19.6. The predicted octanol–water partition coefficient (Wildman–Crippen LogP) is 1.65. The van der Waals surface area contributed by atoms with E-state index in [1.807, 2.05) is 60.7 Å². The van der Waals surface area contributed by atoms with Gasteiger partial charge < -0.3 is 10.1 Å². The summed E-state index contributed by atoms with van der Waals surface area (Å²) in [6.07, 6.45) is 0.353. The number of benzene rings is 2. The lowest BCUT2D eigenvalue weighted by atomic mass is 10.1. The van der Waals surface area contributed by atoms with Crippen molar-refractivity contribution in [3.05, 3.63) is 66.2 Å². The molecule has 0 aliphatic heterocycles. The molecule has 0 aliphatic carbocycles. The van der Waals surface area contributed by atoms with E-state index < -0.39 is 12.0 Å². The number of hydrogen-bond donors (Lipinski definition) is 1. The molecule has 3 rings (SSSR count). The number of carbonyl (C=O) groups excluding carboxylic acids is 2. The van der Waals surface area contributed by atoms with Crippen LogP contribution in [0.4, 0.5) is 0 Å². The number of para-hydroxylation sites is 1. The summed E-state index contributed by atoms with van der Waals surface area (Å²) in [5.41, 5.74) is 1.73. The van der Waals surface area contributed by atoms with Gasteiger partial charge >= 0.3 is 5.97 Å². The molecule has 1 N–H and O–H groups in total. The van der Waals surface area contributed by atoms with Crippen molar-refractivity contribution in [3.8, 4) is 5.69 Å². The van der Waals surface area contributed by atoms with Gasteiger partial charge in [0.05, 0.1) is 18.6 Å². The third-order valence-electron chi connectivity index (χ3n) is 3.88. The summed E-state index contributed by atoms with van der Waals surface area (Å²) >= 11 is 1.19. The first-order valence-corrected chi connectivity index (χ1v) is 9.53. The highest BCUT2D eigenvalue weighted by molar-refractivity contribution is 7.99. The second kappa shape index (κ2) is 9.65. The molecule has 0 radical (unpaired) electrons. The molecule has 1 aromatic heterocycles. The Balaban J connectivity index is 1.61. The number of nitrogens with one attached hydrogen (secondary N) is 1. The second-order valence-electron chi connectivity index (χ2n) is 5.83. The van der Waals surface area contributed by atoms with Crippen LogP contribution < -0.4 is 5.32 Å². The number of methoxy groups -OCH3 is 1. The molecule has 0 aliphatic rings. The molecule has 0 unspecified atom stereocenters. The summed E-state index contributed by atoms with van der Waals surface area (Å²) in [7, 11) is 1.30. The largest absolute Gasteiger partial charge is 0.467 e. The fourth-order valence-corrected chi connectivity index (χ4v) is 3.25. The smallest absolute Gasteiger partial charge is 0.328 e. The molecule has 3 aromatic rings. The minimum Gasteiger partial charge on any atom is -0.467 e. The van der Waals surface area contributed by atoms with E-state index in [-0.39, 0.29) is 11.7 Å². The van der Waals surface area contributed by atoms with Gasteiger partial charge in [-0.15, -0.1) is 5.10 Å². The molecule has 8 nitrogen and oxygen atoms in total. The lowest BCUT2D eigenvalue weighted by Gasteiger charge is -2.16. The molecule has 0 bridgehead atoms. The van der Waals surface area contributed by atoms with E-state index in [1.54, 1.807) is 4.68 Å². The number of tetrazole rings is 1. The molecule has 0 saturated heterocycles. The average Bonchev–Trinajstić information content (AvgIpc) is 3.21. The summed E-state index contributed by atoms with van der Waals surface area (Å²) in [4.78, 5) is 24.4. The molecule has 2 aromatic carbocycles. The Kier molecular flexibility index (Phi) is 6.74. The van der Waals surface area contributed by atoms with E-state index in [0.717, 1.165) is 11.3 Å². The van der Waals surface area contributed by atoms with Gasteiger partial charge in [-0.2, -0.15) is 4.68 Å². The van der Waals surface area contributed by atoms with Gasteiger partial charge in [-0.3, -0.25) is 4.79 Å². The number of thioether (sulfide) groups is 1. The maximum atomic E-state index is 12.4. The Labute approximate surface area is 166 Å². The molecule has 144 valence electrons. The minimum atomic E-state index is -0.759. The quantitative estimate of drug-likeness (QED) is 0.456. The lowest BCUT2D eigenvalue weighted by molar-refractivity contribution is -0.144. The molecule has 0 saturated carbocycles. The van der Waals surface area contributed by atoms with E-state index in [0.29, 0.717) is 11.6 Å². The zero-order chi connectivity index (χ0) is 19.8. The average molecular weight is 397 g/mol. The van der Waals surface area contributed by atoms with E-state index >= 15 is 0 Å². The number of carbonyl (C=O) groups is 2. The monoisotopic (exact) mass is 397 g/mol. The summed E-state index contributed by atoms with van der Waals surface area (Å²) in [6, 6.07) is 18.1. The van der Waals surface area contributed by atoms with Crippen molar-refractivity contribution in [3.63, 3.8) is 0 Å². The lowest BCUT2D eigenvalue weighted by Crippen LogP contribution is -2.43. The van der Waals surface area contributed by atoms with Crippen LogP contribution in [-0.2, 0) is 20.7 Å². The fraction of sp³-hybridized carbons (Fsp3) is 0.211. The summed E-state index contributed by atoms with van der Waals surface area (Å²) in [6.45, 7) is 0. The highest BCUT2D eigenvalue weighted by Crippen LogP contribution is 2.17. The van der Waals surface area contributed by atoms with Gasteiger partial charge in [0.25, 0.3) is 0 Å². The number of nitrogens with zero attached hydrogens (tertiary/aromatic N) is 4. The van der Waals surface area contributed by atoms with Crippen molar-refractivity contribution in [1.29, 1.82) is 0 Å². The normalized spacial score (nSPS) is 11.6. The fourth-order valence-electron chi connectivity index (χ4n) is 2.55. The third-order valence-corrected chi connectivity index (χ3v) is 4.80. The summed E-state index contributed by atoms with van der Waals surface area (Å²) in [5.74, 6) is -0.731. The molecule has 28 heavy (non-hydrogen) atoms. The van der Waals surface area contributed by atoms with Crippen LogP contribution in [0.3, 0.4) is 0 Å². The Morgan fingerprint density at radius 2 is 1.79 bits per heavy atom. The molecule has 9 heteroatoms. The Bertz CT molecular complexity index is 918. The number of rotatable bonds is 8. The van der Waals surface area contributed by atoms with Crippen molar-refractivity contribution in [1.82, 2.24) is 25.5 Å². The predicted molar refractivity (Wildman–Crippen MR) is 104 cm³/mol. The first-order chi connectivity index (χ1) is 13.7. The zero-order valence-corrected chi connectivity index (χ0v) is 16.0. The number of aromatic nitrogens is 4. The second-order valence-corrected chi connectivity index (χ2v) is 6.77. The van der Waals surface area contributed by atoms with Crippen LogP contribution >= 0.6 is 11.8 Å². The Hall–Kier alpha value is -3.20. The van der Waals surface area contributed by atoms with Gasteiger partial charge in [0.2, 0.25) is 11.1 Å². The van der Waals surface area contributed by atoms with Crippen LogP contribution in [0.15, 0.2) is 65.8 Å². The zero-order valence-electron chi connectivity index (χ0n) is 15.2. The van der Waals surface area contributed by atoms with Crippen molar-refractivity contribution in [2.24, 2.45) is 0 Å². The molecule has 1 amide bonds. The van der Waals surface area contributed by atoms with Crippen molar-refractivity contribution >= 4 is 23.6 Å². The number of ether oxygens (including phenoxy) is 1.